The highest BCUT2D eigenvalue weighted by atomic mass is 16.3. The lowest BCUT2D eigenvalue weighted by molar-refractivity contribution is 0.269. The Bertz CT molecular complexity index is 3630. The Morgan fingerprint density at radius 2 is 0.547 bits per heavy atom. The van der Waals surface area contributed by atoms with Crippen molar-refractivity contribution in [3.05, 3.63) is 244 Å². The second-order valence-electron chi connectivity index (χ2n) is 21.0. The van der Waals surface area contributed by atoms with Gasteiger partial charge in [-0.3, -0.25) is 38.7 Å². The zero-order valence-electron chi connectivity index (χ0n) is 68.9. The summed E-state index contributed by atoms with van der Waals surface area (Å²) in [7, 11) is 15.8. The number of nitrogens with zero attached hydrogens (tertiary/aromatic N) is 14. The Labute approximate surface area is 639 Å². The van der Waals surface area contributed by atoms with Crippen LogP contribution in [0.2, 0.25) is 0 Å². The summed E-state index contributed by atoms with van der Waals surface area (Å²) in [4.78, 5) is 20.6. The number of hydrogen-bond donors (Lipinski definition) is 4. The van der Waals surface area contributed by atoms with Crippen LogP contribution in [0.15, 0.2) is 244 Å². The van der Waals surface area contributed by atoms with Crippen LogP contribution >= 0.6 is 0 Å². The third kappa shape index (κ3) is 35.2. The maximum Gasteiger partial charge on any atom is 0.100 e. The maximum atomic E-state index is 9.20. The zero-order chi connectivity index (χ0) is 79.7. The molecular weight excluding hydrogens is 1310 g/mol. The maximum absolute atomic E-state index is 9.20. The fraction of sp³-hybridized carbons (Fsp3) is 0.364. The van der Waals surface area contributed by atoms with Crippen LogP contribution in [0.4, 0.5) is 0 Å². The van der Waals surface area contributed by atoms with Crippen molar-refractivity contribution in [3.63, 3.8) is 0 Å². The van der Waals surface area contributed by atoms with Crippen LogP contribution in [-0.2, 0) is 26.2 Å². The summed E-state index contributed by atoms with van der Waals surface area (Å²) < 4.78 is 7.71. The molecule has 0 amide bonds. The highest BCUT2D eigenvalue weighted by Gasteiger charge is 2.18. The van der Waals surface area contributed by atoms with Crippen molar-refractivity contribution in [2.45, 2.75) is 137 Å². The molecule has 4 aromatic carbocycles. The minimum Gasteiger partial charge on any atom is -0.394 e. The third-order valence-corrected chi connectivity index (χ3v) is 13.5. The molecule has 0 aliphatic heterocycles. The van der Waals surface area contributed by atoms with Gasteiger partial charge in [0, 0.05) is 120 Å². The number of aliphatic hydroxyl groups is 2. The van der Waals surface area contributed by atoms with Crippen molar-refractivity contribution < 1.29 is 10.2 Å². The molecule has 0 fully saturated rings. The molecule has 0 saturated heterocycles. The molecule has 576 valence electrons. The molecule has 18 heteroatoms. The topological polar surface area (TPSA) is 194 Å². The third-order valence-electron chi connectivity index (χ3n) is 13.5. The molecule has 106 heavy (non-hydrogen) atoms. The predicted molar refractivity (Wildman–Crippen MR) is 456 cm³/mol. The van der Waals surface area contributed by atoms with Gasteiger partial charge >= 0.3 is 0 Å². The lowest BCUT2D eigenvalue weighted by atomic mass is 10.0. The van der Waals surface area contributed by atoms with Gasteiger partial charge < -0.3 is 30.6 Å². The molecular formula is C88H132N16O2. The second kappa shape index (κ2) is 64.7. The summed E-state index contributed by atoms with van der Waals surface area (Å²) in [6.45, 7) is 36.8. The normalized spacial score (nSPS) is 9.40. The van der Waals surface area contributed by atoms with E-state index < -0.39 is 0 Å². The second-order valence-corrected chi connectivity index (χ2v) is 21.0. The molecule has 0 aliphatic rings. The highest BCUT2D eigenvalue weighted by molar-refractivity contribution is 5.83. The van der Waals surface area contributed by atoms with E-state index in [2.05, 4.69) is 168 Å². The summed E-state index contributed by atoms with van der Waals surface area (Å²) in [6.07, 6.45) is 22.2. The minimum atomic E-state index is 0.0635. The van der Waals surface area contributed by atoms with Crippen LogP contribution in [0.25, 0.3) is 89.5 Å². The lowest BCUT2D eigenvalue weighted by Gasteiger charge is -2.13. The summed E-state index contributed by atoms with van der Waals surface area (Å²) >= 11 is 0. The molecule has 4 N–H and O–H groups in total. The molecule has 0 unspecified atom stereocenters. The van der Waals surface area contributed by atoms with E-state index in [1.54, 1.807) is 29.5 Å². The van der Waals surface area contributed by atoms with Crippen molar-refractivity contribution in [2.24, 2.45) is 0 Å². The van der Waals surface area contributed by atoms with Crippen molar-refractivity contribution in [1.82, 2.24) is 79.5 Å². The van der Waals surface area contributed by atoms with E-state index in [4.69, 9.17) is 10.2 Å². The summed E-state index contributed by atoms with van der Waals surface area (Å²) in [5, 5.41) is 42.2. The fourth-order valence-electron chi connectivity index (χ4n) is 9.37. The zero-order valence-corrected chi connectivity index (χ0v) is 68.9. The van der Waals surface area contributed by atoms with Crippen molar-refractivity contribution in [3.8, 4) is 89.5 Å². The molecule has 0 saturated carbocycles. The molecule has 0 spiro atoms. The number of nitrogens with one attached hydrogen (secondary N) is 2. The molecule has 12 aromatic rings. The van der Waals surface area contributed by atoms with Crippen LogP contribution in [0.5, 0.6) is 0 Å². The van der Waals surface area contributed by atoms with Crippen LogP contribution in [0, 0.1) is 0 Å². The van der Waals surface area contributed by atoms with Crippen LogP contribution in [-0.4, -0.2) is 162 Å². The average molecular weight is 1450 g/mol. The van der Waals surface area contributed by atoms with E-state index in [0.717, 1.165) is 105 Å². The number of rotatable bonds is 18. The Balaban J connectivity index is 0. The van der Waals surface area contributed by atoms with Gasteiger partial charge in [0.15, 0.2) is 0 Å². The first-order valence-corrected chi connectivity index (χ1v) is 37.9. The van der Waals surface area contributed by atoms with Gasteiger partial charge in [0.1, 0.15) is 11.4 Å². The molecule has 12 rings (SSSR count). The molecule has 0 radical (unpaired) electrons. The van der Waals surface area contributed by atoms with Crippen molar-refractivity contribution in [2.75, 3.05) is 82.7 Å². The van der Waals surface area contributed by atoms with Crippen molar-refractivity contribution in [1.29, 1.82) is 0 Å². The lowest BCUT2D eigenvalue weighted by Crippen LogP contribution is -2.19. The number of aliphatic hydroxyl groups excluding tert-OH is 2. The van der Waals surface area contributed by atoms with Gasteiger partial charge in [-0.05, 0) is 127 Å². The molecule has 8 aromatic heterocycles. The number of aromatic nitrogens is 12. The SMILES string of the molecule is CC.CC.CC.CC.CC.CC.CC.CC.CN(C)CCn1cc(-c2ccccc2)c(-c2ccncc2)n1.CN(C)CCn1ncc(-c2ccccc2)c1-c1ccncc1.CNC.CNC.OCCn1cc(-c2ccccc2)c(-c2ccncc2)n1.OCCn1ncc(-c2ccccc2)c1-c1ccncc1. The van der Waals surface area contributed by atoms with E-state index in [1.165, 1.54) is 11.1 Å². The Hall–Kier alpha value is -9.92. The number of hydrogen-bond acceptors (Lipinski definition) is 14. The van der Waals surface area contributed by atoms with Gasteiger partial charge in [0.05, 0.1) is 63.2 Å². The van der Waals surface area contributed by atoms with Gasteiger partial charge in [0.2, 0.25) is 0 Å². The molecule has 8 heterocycles. The monoisotopic (exact) mass is 1450 g/mol. The van der Waals surface area contributed by atoms with E-state index in [1.807, 2.05) is 289 Å². The summed E-state index contributed by atoms with van der Waals surface area (Å²) in [5.74, 6) is 0. The standard InChI is InChI=1S/2C18H20N4.2C16H15N3O.2C2H7N.8C2H6/c1-21(2)12-13-22-14-17(15-6-4-3-5-7-15)18(20-22)16-8-10-19-11-9-16;1-21(2)12-13-22-18(16-8-10-19-11-9-16)17(14-20-22)15-6-4-3-5-7-15;20-11-10-19-12-15(13-4-2-1-3-5-13)16(18-19)14-6-8-17-9-7-14;20-11-10-19-16(14-6-8-17-9-7-14)15(12-18-19)13-4-2-1-3-5-13;2*1-3-2;8*1-2/h2*3-11,14H,12-13H2,1-2H3;2*1-9,12,20H,10-11H2;2*3H,1-2H3;8*1-2H3. The van der Waals surface area contributed by atoms with Gasteiger partial charge in [-0.25, -0.2) is 0 Å². The Morgan fingerprint density at radius 3 is 0.821 bits per heavy atom. The van der Waals surface area contributed by atoms with Crippen LogP contribution in [0.1, 0.15) is 111 Å². The molecule has 0 bridgehead atoms. The van der Waals surface area contributed by atoms with E-state index in [-0.39, 0.29) is 13.2 Å². The Morgan fingerprint density at radius 1 is 0.302 bits per heavy atom. The summed E-state index contributed by atoms with van der Waals surface area (Å²) in [5.41, 5.74) is 17.4. The minimum absolute atomic E-state index is 0.0635. The Kier molecular flexibility index (Phi) is 59.9. The highest BCUT2D eigenvalue weighted by Crippen LogP contribution is 2.35. The first kappa shape index (κ1) is 98.1. The van der Waals surface area contributed by atoms with E-state index in [9.17, 15) is 5.11 Å². The average Bonchev–Trinajstić information content (AvgIpc) is 1.67. The van der Waals surface area contributed by atoms with Gasteiger partial charge in [0.25, 0.3) is 0 Å². The molecule has 0 aliphatic carbocycles. The first-order valence-electron chi connectivity index (χ1n) is 37.9. The number of likely N-dealkylation sites (N-methyl/N-ethyl adjacent to an activating group) is 2. The largest absolute Gasteiger partial charge is 0.394 e. The molecule has 0 atom stereocenters. The summed E-state index contributed by atoms with van der Waals surface area (Å²) in [6, 6.07) is 56.9. The van der Waals surface area contributed by atoms with Gasteiger partial charge in [-0.2, -0.15) is 20.4 Å². The van der Waals surface area contributed by atoms with E-state index >= 15 is 0 Å². The van der Waals surface area contributed by atoms with Crippen LogP contribution < -0.4 is 10.6 Å². The quantitative estimate of drug-likeness (QED) is 0.0634. The first-order chi connectivity index (χ1) is 52.1. The van der Waals surface area contributed by atoms with Gasteiger partial charge in [-0.15, -0.1) is 0 Å². The smallest absolute Gasteiger partial charge is 0.100 e. The fourth-order valence-corrected chi connectivity index (χ4v) is 9.37. The van der Waals surface area contributed by atoms with E-state index in [0.29, 0.717) is 13.1 Å². The number of benzene rings is 4. The molecule has 18 nitrogen and oxygen atoms in total. The predicted octanol–water partition coefficient (Wildman–Crippen LogP) is 19.4. The van der Waals surface area contributed by atoms with Gasteiger partial charge in [-0.1, -0.05) is 232 Å². The number of pyridine rings is 4. The van der Waals surface area contributed by atoms with Crippen molar-refractivity contribution >= 4 is 0 Å². The van der Waals surface area contributed by atoms with Crippen LogP contribution in [0.3, 0.4) is 0 Å².